The molecule has 3 rings (SSSR count). The van der Waals surface area contributed by atoms with Crippen LogP contribution < -0.4 is 5.32 Å². The van der Waals surface area contributed by atoms with E-state index in [9.17, 15) is 19.3 Å². The Balaban J connectivity index is 1.73. The van der Waals surface area contributed by atoms with Gasteiger partial charge >= 0.3 is 5.69 Å². The van der Waals surface area contributed by atoms with Gasteiger partial charge in [-0.25, -0.2) is 0 Å². The second kappa shape index (κ2) is 8.48. The fourth-order valence-corrected chi connectivity index (χ4v) is 4.07. The lowest BCUT2D eigenvalue weighted by Crippen LogP contribution is -2.23. The number of hydrogen-bond acceptors (Lipinski definition) is 7. The summed E-state index contributed by atoms with van der Waals surface area (Å²) in [6.45, 7) is 4.30. The second-order valence-corrected chi connectivity index (χ2v) is 7.96. The molecule has 0 aliphatic carbocycles. The van der Waals surface area contributed by atoms with Crippen molar-refractivity contribution >= 4 is 40.4 Å². The zero-order valence-corrected chi connectivity index (χ0v) is 16.6. The number of carbonyl (C=O) groups excluding carboxylic acids is 1. The molecule has 3 aromatic rings. The molecule has 0 spiro atoms. The van der Waals surface area contributed by atoms with Crippen molar-refractivity contribution in [3.63, 3.8) is 0 Å². The van der Waals surface area contributed by atoms with Crippen molar-refractivity contribution in [2.24, 2.45) is 0 Å². The van der Waals surface area contributed by atoms with Gasteiger partial charge in [-0.05, 0) is 37.4 Å². The van der Waals surface area contributed by atoms with Gasteiger partial charge in [0.1, 0.15) is 0 Å². The Morgan fingerprint density at radius 3 is 2.86 bits per heavy atom. The molecule has 0 aliphatic rings. The maximum Gasteiger partial charge on any atom is 0.306 e. The molecule has 2 heterocycles. The van der Waals surface area contributed by atoms with Gasteiger partial charge in [0.05, 0.1) is 15.1 Å². The van der Waals surface area contributed by atoms with Gasteiger partial charge in [0.25, 0.3) is 0 Å². The fraction of sp³-hybridized carbons (Fsp3) is 0.235. The first-order chi connectivity index (χ1) is 13.4. The first-order valence-electron chi connectivity index (χ1n) is 8.29. The summed E-state index contributed by atoms with van der Waals surface area (Å²) in [5.41, 5.74) is -0.536. The van der Waals surface area contributed by atoms with Crippen LogP contribution in [0.25, 0.3) is 10.7 Å². The number of nitro benzene ring substituents is 1. The second-order valence-electron chi connectivity index (χ2n) is 5.70. The number of thioether (sulfide) groups is 1. The molecule has 28 heavy (non-hydrogen) atoms. The summed E-state index contributed by atoms with van der Waals surface area (Å²) in [6.07, 6.45) is 0. The summed E-state index contributed by atoms with van der Waals surface area (Å²) < 4.78 is 15.4. The van der Waals surface area contributed by atoms with Gasteiger partial charge in [0.15, 0.2) is 11.0 Å². The molecule has 1 N–H and O–H groups in total. The van der Waals surface area contributed by atoms with E-state index in [1.54, 1.807) is 18.3 Å². The number of aromatic nitrogens is 3. The van der Waals surface area contributed by atoms with Crippen molar-refractivity contribution in [2.75, 3.05) is 5.32 Å². The van der Waals surface area contributed by atoms with Gasteiger partial charge in [-0.15, -0.1) is 21.5 Å². The predicted octanol–water partition coefficient (Wildman–Crippen LogP) is 4.19. The highest BCUT2D eigenvalue weighted by molar-refractivity contribution is 8.00. The van der Waals surface area contributed by atoms with Gasteiger partial charge in [0, 0.05) is 18.3 Å². The third kappa shape index (κ3) is 4.20. The Bertz CT molecular complexity index is 1010. The molecule has 8 nitrogen and oxygen atoms in total. The standard InChI is InChI=1S/C17H16FN5O3S2/c1-3-22-15(14-5-4-8-27-14)20-21-17(22)28-10(2)16(24)19-11-6-7-12(18)13(9-11)23(25)26/h4-10H,3H2,1-2H3,(H,19,24)/t10-/m0/s1. The summed E-state index contributed by atoms with van der Waals surface area (Å²) in [7, 11) is 0. The molecule has 0 unspecified atom stereocenters. The van der Waals surface area contributed by atoms with E-state index >= 15 is 0 Å². The highest BCUT2D eigenvalue weighted by atomic mass is 32.2. The number of halogens is 1. The van der Waals surface area contributed by atoms with Crippen molar-refractivity contribution in [2.45, 2.75) is 30.8 Å². The molecule has 0 fully saturated rings. The van der Waals surface area contributed by atoms with E-state index in [1.165, 1.54) is 17.8 Å². The van der Waals surface area contributed by atoms with E-state index < -0.39 is 21.7 Å². The van der Waals surface area contributed by atoms with E-state index in [2.05, 4.69) is 15.5 Å². The Kier molecular flexibility index (Phi) is 6.05. The maximum absolute atomic E-state index is 13.4. The molecule has 1 atom stereocenters. The number of amides is 1. The van der Waals surface area contributed by atoms with Gasteiger partial charge < -0.3 is 9.88 Å². The monoisotopic (exact) mass is 421 g/mol. The first-order valence-corrected chi connectivity index (χ1v) is 10.0. The highest BCUT2D eigenvalue weighted by Crippen LogP contribution is 2.30. The third-order valence-electron chi connectivity index (χ3n) is 3.84. The summed E-state index contributed by atoms with van der Waals surface area (Å²) in [5.74, 6) is -0.599. The van der Waals surface area contributed by atoms with E-state index in [1.807, 2.05) is 29.0 Å². The Labute approximate surface area is 167 Å². The number of anilines is 1. The lowest BCUT2D eigenvalue weighted by molar-refractivity contribution is -0.387. The van der Waals surface area contributed by atoms with Gasteiger partial charge in [-0.1, -0.05) is 17.8 Å². The fourth-order valence-electron chi connectivity index (χ4n) is 2.43. The molecule has 0 radical (unpaired) electrons. The van der Waals surface area contributed by atoms with Crippen molar-refractivity contribution in [1.29, 1.82) is 0 Å². The van der Waals surface area contributed by atoms with Crippen LogP contribution in [0, 0.1) is 15.9 Å². The minimum absolute atomic E-state index is 0.154. The average molecular weight is 421 g/mol. The van der Waals surface area contributed by atoms with Crippen molar-refractivity contribution in [3.05, 3.63) is 51.6 Å². The summed E-state index contributed by atoms with van der Waals surface area (Å²) in [6, 6.07) is 7.11. The predicted molar refractivity (Wildman–Crippen MR) is 106 cm³/mol. The quantitative estimate of drug-likeness (QED) is 0.348. The number of carbonyl (C=O) groups is 1. The Morgan fingerprint density at radius 2 is 2.21 bits per heavy atom. The normalized spacial score (nSPS) is 12.0. The van der Waals surface area contributed by atoms with Crippen LogP contribution in [0.15, 0.2) is 40.9 Å². The number of hydrogen-bond donors (Lipinski definition) is 1. The SMILES string of the molecule is CCn1c(S[C@@H](C)C(=O)Nc2ccc(F)c([N+](=O)[O-])c2)nnc1-c1cccs1. The minimum atomic E-state index is -0.956. The molecule has 146 valence electrons. The van der Waals surface area contributed by atoms with Crippen LogP contribution in [0.3, 0.4) is 0 Å². The van der Waals surface area contributed by atoms with Gasteiger partial charge in [-0.2, -0.15) is 4.39 Å². The van der Waals surface area contributed by atoms with Crippen molar-refractivity contribution < 1.29 is 14.1 Å². The topological polar surface area (TPSA) is 103 Å². The van der Waals surface area contributed by atoms with Crippen molar-refractivity contribution in [3.8, 4) is 10.7 Å². The molecule has 2 aromatic heterocycles. The lowest BCUT2D eigenvalue weighted by atomic mass is 10.2. The van der Waals surface area contributed by atoms with Crippen LogP contribution in [0.5, 0.6) is 0 Å². The summed E-state index contributed by atoms with van der Waals surface area (Å²) >= 11 is 2.78. The van der Waals surface area contributed by atoms with Crippen LogP contribution in [-0.4, -0.2) is 30.8 Å². The number of nitro groups is 1. The van der Waals surface area contributed by atoms with E-state index in [4.69, 9.17) is 0 Å². The summed E-state index contributed by atoms with van der Waals surface area (Å²) in [5, 5.41) is 23.8. The Hall–Kier alpha value is -2.79. The van der Waals surface area contributed by atoms with E-state index in [0.717, 1.165) is 22.8 Å². The molecular weight excluding hydrogens is 405 g/mol. The molecule has 0 saturated carbocycles. The number of nitrogens with one attached hydrogen (secondary N) is 1. The number of benzene rings is 1. The minimum Gasteiger partial charge on any atom is -0.325 e. The third-order valence-corrected chi connectivity index (χ3v) is 5.78. The molecule has 1 amide bonds. The smallest absolute Gasteiger partial charge is 0.306 e. The van der Waals surface area contributed by atoms with E-state index in [-0.39, 0.29) is 11.6 Å². The van der Waals surface area contributed by atoms with Gasteiger partial charge in [-0.3, -0.25) is 14.9 Å². The highest BCUT2D eigenvalue weighted by Gasteiger charge is 2.22. The van der Waals surface area contributed by atoms with Gasteiger partial charge in [0.2, 0.25) is 11.7 Å². The van der Waals surface area contributed by atoms with Crippen LogP contribution >= 0.6 is 23.1 Å². The molecule has 0 aliphatic heterocycles. The molecule has 0 bridgehead atoms. The van der Waals surface area contributed by atoms with Crippen molar-refractivity contribution in [1.82, 2.24) is 14.8 Å². The molecule has 0 saturated heterocycles. The lowest BCUT2D eigenvalue weighted by Gasteiger charge is -2.12. The molecule has 1 aromatic carbocycles. The average Bonchev–Trinajstić information content (AvgIpc) is 3.32. The number of nitrogens with zero attached hydrogens (tertiary/aromatic N) is 4. The maximum atomic E-state index is 13.4. The van der Waals surface area contributed by atoms with Crippen LogP contribution in [0.2, 0.25) is 0 Å². The molecular formula is C17H16FN5O3S2. The van der Waals surface area contributed by atoms with Crippen LogP contribution in [0.1, 0.15) is 13.8 Å². The largest absolute Gasteiger partial charge is 0.325 e. The Morgan fingerprint density at radius 1 is 1.43 bits per heavy atom. The molecule has 11 heteroatoms. The van der Waals surface area contributed by atoms with E-state index in [0.29, 0.717) is 11.7 Å². The van der Waals surface area contributed by atoms with Crippen LogP contribution in [-0.2, 0) is 11.3 Å². The van der Waals surface area contributed by atoms with Crippen LogP contribution in [0.4, 0.5) is 15.8 Å². The zero-order valence-electron chi connectivity index (χ0n) is 15.0. The zero-order chi connectivity index (χ0) is 20.3. The number of thiophene rings is 1. The summed E-state index contributed by atoms with van der Waals surface area (Å²) in [4.78, 5) is 23.5. The first kappa shape index (κ1) is 20.0. The number of rotatable bonds is 7.